The monoisotopic (exact) mass is 325 g/mol. The van der Waals surface area contributed by atoms with Gasteiger partial charge in [-0.2, -0.15) is 5.10 Å². The number of fused-ring (bicyclic) bond motifs is 1. The summed E-state index contributed by atoms with van der Waals surface area (Å²) in [5, 5.41) is 7.43. The van der Waals surface area contributed by atoms with Crippen LogP contribution < -0.4 is 5.32 Å². The molecule has 0 aliphatic heterocycles. The van der Waals surface area contributed by atoms with Gasteiger partial charge in [0.25, 0.3) is 5.91 Å². The van der Waals surface area contributed by atoms with Gasteiger partial charge in [0.1, 0.15) is 11.3 Å². The van der Waals surface area contributed by atoms with Crippen LogP contribution in [-0.2, 0) is 13.1 Å². The van der Waals surface area contributed by atoms with Gasteiger partial charge < -0.3 is 9.72 Å². The van der Waals surface area contributed by atoms with E-state index in [1.165, 1.54) is 5.56 Å². The van der Waals surface area contributed by atoms with E-state index < -0.39 is 0 Å². The number of aryl methyl sites for hydroxylation is 2. The number of hydrogen-bond donors (Lipinski definition) is 1. The Hall–Kier alpha value is -2.63. The molecule has 0 aliphatic rings. The van der Waals surface area contributed by atoms with Crippen LogP contribution >= 0.6 is 0 Å². The fourth-order valence-electron chi connectivity index (χ4n) is 2.64. The fourth-order valence-corrected chi connectivity index (χ4v) is 2.64. The molecular formula is C18H23N5O. The van der Waals surface area contributed by atoms with E-state index in [1.807, 2.05) is 48.8 Å². The van der Waals surface area contributed by atoms with Crippen molar-refractivity contribution in [3.63, 3.8) is 0 Å². The van der Waals surface area contributed by atoms with E-state index in [0.717, 1.165) is 17.0 Å². The quantitative estimate of drug-likeness (QED) is 0.784. The van der Waals surface area contributed by atoms with Crippen LogP contribution in [0.15, 0.2) is 30.6 Å². The maximum atomic E-state index is 12.5. The number of nitrogens with zero attached hydrogens (tertiary/aromatic N) is 4. The van der Waals surface area contributed by atoms with E-state index in [9.17, 15) is 4.79 Å². The van der Waals surface area contributed by atoms with E-state index in [0.29, 0.717) is 24.7 Å². The molecule has 0 saturated carbocycles. The first kappa shape index (κ1) is 16.2. The molecule has 24 heavy (non-hydrogen) atoms. The number of pyridine rings is 1. The van der Waals surface area contributed by atoms with Gasteiger partial charge in [-0.15, -0.1) is 0 Å². The van der Waals surface area contributed by atoms with Gasteiger partial charge >= 0.3 is 0 Å². The number of imidazole rings is 1. The minimum atomic E-state index is -0.121. The van der Waals surface area contributed by atoms with Gasteiger partial charge in [0.05, 0.1) is 17.9 Å². The predicted octanol–water partition coefficient (Wildman–Crippen LogP) is 2.91. The zero-order valence-electron chi connectivity index (χ0n) is 14.6. The number of aromatic nitrogens is 4. The van der Waals surface area contributed by atoms with Crippen molar-refractivity contribution in [1.29, 1.82) is 0 Å². The molecule has 0 saturated heterocycles. The highest BCUT2D eigenvalue weighted by molar-refractivity contribution is 5.92. The number of carbonyl (C=O) groups is 1. The molecule has 0 spiro atoms. The van der Waals surface area contributed by atoms with Gasteiger partial charge in [-0.3, -0.25) is 9.48 Å². The van der Waals surface area contributed by atoms with E-state index in [-0.39, 0.29) is 5.91 Å². The Bertz CT molecular complexity index is 875. The Kier molecular flexibility index (Phi) is 4.38. The highest BCUT2D eigenvalue weighted by Gasteiger charge is 2.16. The fraction of sp³-hybridized carbons (Fsp3) is 0.389. The Balaban J connectivity index is 1.74. The summed E-state index contributed by atoms with van der Waals surface area (Å²) in [6.45, 7) is 9.23. The van der Waals surface area contributed by atoms with E-state index in [4.69, 9.17) is 0 Å². The molecule has 1 N–H and O–H groups in total. The van der Waals surface area contributed by atoms with Crippen LogP contribution in [0, 0.1) is 6.92 Å². The van der Waals surface area contributed by atoms with Gasteiger partial charge in [0, 0.05) is 18.9 Å². The lowest BCUT2D eigenvalue weighted by atomic mass is 10.1. The van der Waals surface area contributed by atoms with Gasteiger partial charge in [-0.25, -0.2) is 4.98 Å². The molecule has 3 rings (SSSR count). The first-order valence-corrected chi connectivity index (χ1v) is 8.28. The average molecular weight is 325 g/mol. The third kappa shape index (κ3) is 3.18. The van der Waals surface area contributed by atoms with Crippen LogP contribution in [0.4, 0.5) is 0 Å². The lowest BCUT2D eigenvalue weighted by Gasteiger charge is -2.05. The number of amides is 1. The molecule has 0 unspecified atom stereocenters. The molecule has 3 aromatic rings. The average Bonchev–Trinajstić information content (AvgIpc) is 3.15. The van der Waals surface area contributed by atoms with Crippen molar-refractivity contribution in [3.05, 3.63) is 53.2 Å². The van der Waals surface area contributed by atoms with Gasteiger partial charge in [0.2, 0.25) is 0 Å². The zero-order chi connectivity index (χ0) is 17.3. The van der Waals surface area contributed by atoms with E-state index >= 15 is 0 Å². The molecule has 3 aromatic heterocycles. The number of carbonyl (C=O) groups excluding carboxylic acids is 1. The molecule has 0 aromatic carbocycles. The van der Waals surface area contributed by atoms with Crippen molar-refractivity contribution < 1.29 is 4.79 Å². The normalized spacial score (nSPS) is 11.4. The minimum Gasteiger partial charge on any atom is -0.345 e. The van der Waals surface area contributed by atoms with E-state index in [2.05, 4.69) is 29.2 Å². The summed E-state index contributed by atoms with van der Waals surface area (Å²) in [5.74, 6) is 0.176. The van der Waals surface area contributed by atoms with Crippen molar-refractivity contribution in [1.82, 2.24) is 24.5 Å². The summed E-state index contributed by atoms with van der Waals surface area (Å²) >= 11 is 0. The predicted molar refractivity (Wildman–Crippen MR) is 93.1 cm³/mol. The zero-order valence-corrected chi connectivity index (χ0v) is 14.6. The largest absolute Gasteiger partial charge is 0.345 e. The molecule has 0 atom stereocenters. The van der Waals surface area contributed by atoms with Crippen LogP contribution in [0.25, 0.3) is 5.65 Å². The molecule has 126 valence electrons. The molecule has 1 amide bonds. The second-order valence-electron chi connectivity index (χ2n) is 6.31. The Morgan fingerprint density at radius 1 is 1.29 bits per heavy atom. The third-order valence-electron chi connectivity index (χ3n) is 4.00. The molecule has 0 fully saturated rings. The van der Waals surface area contributed by atoms with Gasteiger partial charge in [0.15, 0.2) is 0 Å². The molecule has 0 bridgehead atoms. The molecular weight excluding hydrogens is 302 g/mol. The van der Waals surface area contributed by atoms with Crippen LogP contribution in [0.3, 0.4) is 0 Å². The summed E-state index contributed by atoms with van der Waals surface area (Å²) in [7, 11) is 0. The van der Waals surface area contributed by atoms with Crippen LogP contribution in [0.5, 0.6) is 0 Å². The second-order valence-corrected chi connectivity index (χ2v) is 6.31. The number of hydrogen-bond acceptors (Lipinski definition) is 3. The molecule has 3 heterocycles. The van der Waals surface area contributed by atoms with Crippen LogP contribution in [0.2, 0.25) is 0 Å². The first-order chi connectivity index (χ1) is 11.5. The summed E-state index contributed by atoms with van der Waals surface area (Å²) < 4.78 is 3.72. The third-order valence-corrected chi connectivity index (χ3v) is 4.00. The minimum absolute atomic E-state index is 0.121. The van der Waals surface area contributed by atoms with Crippen LogP contribution in [0.1, 0.15) is 54.1 Å². The van der Waals surface area contributed by atoms with Crippen molar-refractivity contribution >= 4 is 11.6 Å². The smallest absolute Gasteiger partial charge is 0.269 e. The highest BCUT2D eigenvalue weighted by atomic mass is 16.2. The number of nitrogens with one attached hydrogen (secondary N) is 1. The molecule has 0 aliphatic carbocycles. The van der Waals surface area contributed by atoms with Crippen LogP contribution in [-0.4, -0.2) is 25.1 Å². The maximum absolute atomic E-state index is 12.5. The standard InChI is InChI=1S/C18H23N5O/c1-5-23-16(8-15(21-23)12(2)3)18(24)19-9-14-11-22-10-13(4)6-7-17(22)20-14/h6-8,10-12H,5,9H2,1-4H3,(H,19,24). The SMILES string of the molecule is CCn1nc(C(C)C)cc1C(=O)NCc1cn2cc(C)ccc2n1. The topological polar surface area (TPSA) is 64.2 Å². The summed E-state index contributed by atoms with van der Waals surface area (Å²) in [6, 6.07) is 5.87. The summed E-state index contributed by atoms with van der Waals surface area (Å²) in [5.41, 5.74) is 4.42. The summed E-state index contributed by atoms with van der Waals surface area (Å²) in [6.07, 6.45) is 3.97. The van der Waals surface area contributed by atoms with Gasteiger partial charge in [-0.1, -0.05) is 19.9 Å². The van der Waals surface area contributed by atoms with Crippen molar-refractivity contribution in [3.8, 4) is 0 Å². The lowest BCUT2D eigenvalue weighted by molar-refractivity contribution is 0.0940. The number of rotatable bonds is 5. The van der Waals surface area contributed by atoms with Gasteiger partial charge in [-0.05, 0) is 37.5 Å². The van der Waals surface area contributed by atoms with Crippen molar-refractivity contribution in [2.24, 2.45) is 0 Å². The molecule has 6 nitrogen and oxygen atoms in total. The van der Waals surface area contributed by atoms with E-state index in [1.54, 1.807) is 4.68 Å². The lowest BCUT2D eigenvalue weighted by Crippen LogP contribution is -2.25. The Morgan fingerprint density at radius 2 is 2.08 bits per heavy atom. The molecule has 0 radical (unpaired) electrons. The molecule has 6 heteroatoms. The highest BCUT2D eigenvalue weighted by Crippen LogP contribution is 2.15. The maximum Gasteiger partial charge on any atom is 0.269 e. The van der Waals surface area contributed by atoms with Crippen molar-refractivity contribution in [2.45, 2.75) is 46.7 Å². The summed E-state index contributed by atoms with van der Waals surface area (Å²) in [4.78, 5) is 17.0. The van der Waals surface area contributed by atoms with Crippen molar-refractivity contribution in [2.75, 3.05) is 0 Å². The second kappa shape index (κ2) is 6.47. The first-order valence-electron chi connectivity index (χ1n) is 8.28. The Morgan fingerprint density at radius 3 is 2.79 bits per heavy atom. The Labute approximate surface area is 141 Å².